The molecule has 0 radical (unpaired) electrons. The van der Waals surface area contributed by atoms with Gasteiger partial charge in [-0.25, -0.2) is 0 Å². The molecule has 0 aliphatic rings. The lowest BCUT2D eigenvalue weighted by molar-refractivity contribution is 1.47. The SMILES string of the molecule is N=C(N)/C=C/S. The van der Waals surface area contributed by atoms with Gasteiger partial charge in [0.05, 0.1) is 0 Å². The number of hydrogen-bond donors (Lipinski definition) is 3. The van der Waals surface area contributed by atoms with Gasteiger partial charge in [0.25, 0.3) is 0 Å². The minimum absolute atomic E-state index is 0.0324. The molecule has 0 aromatic rings. The third-order valence-corrected chi connectivity index (χ3v) is 0.403. The zero-order valence-corrected chi connectivity index (χ0v) is 4.07. The molecule has 0 amide bonds. The van der Waals surface area contributed by atoms with E-state index in [4.69, 9.17) is 11.1 Å². The van der Waals surface area contributed by atoms with Gasteiger partial charge in [0, 0.05) is 0 Å². The Labute approximate surface area is 42.0 Å². The maximum Gasteiger partial charge on any atom is 0.115 e. The molecular weight excluding hydrogens is 96.1 g/mol. The maximum absolute atomic E-state index is 6.54. The largest absolute Gasteiger partial charge is 0.384 e. The zero-order chi connectivity index (χ0) is 4.99. The highest BCUT2D eigenvalue weighted by Crippen LogP contribution is 1.72. The van der Waals surface area contributed by atoms with E-state index in [9.17, 15) is 0 Å². The van der Waals surface area contributed by atoms with Crippen molar-refractivity contribution in [3.8, 4) is 0 Å². The summed E-state index contributed by atoms with van der Waals surface area (Å²) in [6.45, 7) is 0. The van der Waals surface area contributed by atoms with Gasteiger partial charge in [-0.05, 0) is 11.5 Å². The molecule has 0 saturated carbocycles. The fourth-order valence-electron chi connectivity index (χ4n) is 0.0803. The number of rotatable bonds is 1. The fraction of sp³-hybridized carbons (Fsp3) is 0. The van der Waals surface area contributed by atoms with E-state index >= 15 is 0 Å². The molecule has 0 fully saturated rings. The average molecular weight is 102 g/mol. The fourth-order valence-corrected chi connectivity index (χ4v) is 0.241. The van der Waals surface area contributed by atoms with E-state index in [1.807, 2.05) is 0 Å². The third kappa shape index (κ3) is 3.56. The Morgan fingerprint density at radius 1 is 1.83 bits per heavy atom. The van der Waals surface area contributed by atoms with E-state index in [2.05, 4.69) is 12.6 Å². The van der Waals surface area contributed by atoms with Crippen LogP contribution in [0.4, 0.5) is 0 Å². The highest BCUT2D eigenvalue weighted by atomic mass is 32.1. The highest BCUT2D eigenvalue weighted by Gasteiger charge is 1.67. The van der Waals surface area contributed by atoms with Gasteiger partial charge >= 0.3 is 0 Å². The lowest BCUT2D eigenvalue weighted by Gasteiger charge is -1.75. The molecule has 0 spiro atoms. The predicted octanol–water partition coefficient (Wildman–Crippen LogP) is 0.366. The van der Waals surface area contributed by atoms with Gasteiger partial charge in [0.1, 0.15) is 5.84 Å². The molecule has 2 nitrogen and oxygen atoms in total. The van der Waals surface area contributed by atoms with Crippen LogP contribution in [0.15, 0.2) is 11.5 Å². The van der Waals surface area contributed by atoms with Crippen molar-refractivity contribution in [2.24, 2.45) is 5.73 Å². The van der Waals surface area contributed by atoms with E-state index in [-0.39, 0.29) is 5.84 Å². The van der Waals surface area contributed by atoms with E-state index in [1.54, 1.807) is 0 Å². The van der Waals surface area contributed by atoms with Gasteiger partial charge in [-0.15, -0.1) is 0 Å². The molecule has 3 N–H and O–H groups in total. The lowest BCUT2D eigenvalue weighted by Crippen LogP contribution is -2.03. The second kappa shape index (κ2) is 2.78. The Morgan fingerprint density at radius 3 is 2.33 bits per heavy atom. The number of nitrogens with two attached hydrogens (primary N) is 1. The van der Waals surface area contributed by atoms with E-state index in [1.165, 1.54) is 11.5 Å². The van der Waals surface area contributed by atoms with Gasteiger partial charge in [0.2, 0.25) is 0 Å². The number of nitrogens with one attached hydrogen (secondary N) is 1. The first-order chi connectivity index (χ1) is 2.77. The van der Waals surface area contributed by atoms with Crippen molar-refractivity contribution in [1.82, 2.24) is 0 Å². The maximum atomic E-state index is 6.54. The summed E-state index contributed by atoms with van der Waals surface area (Å²) >= 11 is 3.66. The second-order valence-electron chi connectivity index (χ2n) is 0.771. The van der Waals surface area contributed by atoms with Crippen molar-refractivity contribution in [2.45, 2.75) is 0 Å². The monoisotopic (exact) mass is 102 g/mol. The zero-order valence-electron chi connectivity index (χ0n) is 3.18. The first-order valence-electron chi connectivity index (χ1n) is 1.42. The molecule has 0 saturated heterocycles. The minimum Gasteiger partial charge on any atom is -0.384 e. The Morgan fingerprint density at radius 2 is 2.33 bits per heavy atom. The van der Waals surface area contributed by atoms with Crippen LogP contribution in [0.1, 0.15) is 0 Å². The van der Waals surface area contributed by atoms with Gasteiger partial charge in [0.15, 0.2) is 0 Å². The molecular formula is C3H6N2S. The van der Waals surface area contributed by atoms with Crippen LogP contribution in [0.25, 0.3) is 0 Å². The Balaban J connectivity index is 3.30. The lowest BCUT2D eigenvalue weighted by atomic mass is 10.6. The molecule has 0 aliphatic heterocycles. The van der Waals surface area contributed by atoms with E-state index in [0.29, 0.717) is 0 Å². The van der Waals surface area contributed by atoms with Crippen molar-refractivity contribution in [2.75, 3.05) is 0 Å². The van der Waals surface area contributed by atoms with Gasteiger partial charge < -0.3 is 5.73 Å². The van der Waals surface area contributed by atoms with Gasteiger partial charge in [-0.3, -0.25) is 5.41 Å². The van der Waals surface area contributed by atoms with Crippen LogP contribution in [0.5, 0.6) is 0 Å². The molecule has 0 aromatic heterocycles. The number of thiol groups is 1. The molecule has 0 aliphatic carbocycles. The van der Waals surface area contributed by atoms with Crippen LogP contribution in [0.2, 0.25) is 0 Å². The highest BCUT2D eigenvalue weighted by molar-refractivity contribution is 7.83. The first kappa shape index (κ1) is 5.56. The summed E-state index contributed by atoms with van der Waals surface area (Å²) in [7, 11) is 0. The summed E-state index contributed by atoms with van der Waals surface area (Å²) in [6, 6.07) is 0. The van der Waals surface area contributed by atoms with Crippen LogP contribution < -0.4 is 5.73 Å². The molecule has 34 valence electrons. The van der Waals surface area contributed by atoms with E-state index in [0.717, 1.165) is 0 Å². The summed E-state index contributed by atoms with van der Waals surface area (Å²) in [5, 5.41) is 7.96. The van der Waals surface area contributed by atoms with Gasteiger partial charge in [-0.1, -0.05) is 0 Å². The van der Waals surface area contributed by atoms with Crippen LogP contribution >= 0.6 is 12.6 Å². The molecule has 0 atom stereocenters. The summed E-state index contributed by atoms with van der Waals surface area (Å²) in [5.74, 6) is 0.0324. The van der Waals surface area contributed by atoms with Crippen LogP contribution in [-0.4, -0.2) is 5.84 Å². The molecule has 0 unspecified atom stereocenters. The third-order valence-electron chi connectivity index (χ3n) is 0.254. The molecule has 0 rings (SSSR count). The number of amidine groups is 1. The molecule has 6 heavy (non-hydrogen) atoms. The van der Waals surface area contributed by atoms with E-state index < -0.39 is 0 Å². The molecule has 3 heteroatoms. The normalized spacial score (nSPS) is 9.50. The minimum atomic E-state index is 0.0324. The molecule has 0 heterocycles. The topological polar surface area (TPSA) is 49.9 Å². The molecule has 0 bridgehead atoms. The number of hydrogen-bond acceptors (Lipinski definition) is 2. The Bertz CT molecular complexity index is 76.9. The average Bonchev–Trinajstić information content (AvgIpc) is 1.35. The van der Waals surface area contributed by atoms with Crippen molar-refractivity contribution in [1.29, 1.82) is 5.41 Å². The summed E-state index contributed by atoms with van der Waals surface area (Å²) in [4.78, 5) is 0. The second-order valence-corrected chi connectivity index (χ2v) is 1.07. The van der Waals surface area contributed by atoms with Crippen molar-refractivity contribution < 1.29 is 0 Å². The van der Waals surface area contributed by atoms with Crippen molar-refractivity contribution in [3.05, 3.63) is 11.5 Å². The Kier molecular flexibility index (Phi) is 2.58. The van der Waals surface area contributed by atoms with Crippen molar-refractivity contribution >= 4 is 18.5 Å². The quantitative estimate of drug-likeness (QED) is 0.250. The predicted molar refractivity (Wildman–Crippen MR) is 30.0 cm³/mol. The van der Waals surface area contributed by atoms with Gasteiger partial charge in [-0.2, -0.15) is 12.6 Å². The summed E-state index contributed by atoms with van der Waals surface area (Å²) < 4.78 is 0. The van der Waals surface area contributed by atoms with Crippen LogP contribution in [0, 0.1) is 5.41 Å². The summed E-state index contributed by atoms with van der Waals surface area (Å²) in [6.07, 6.45) is 1.39. The van der Waals surface area contributed by atoms with Crippen LogP contribution in [-0.2, 0) is 0 Å². The van der Waals surface area contributed by atoms with Crippen LogP contribution in [0.3, 0.4) is 0 Å². The Hall–Kier alpha value is -0.440. The molecule has 0 aromatic carbocycles. The smallest absolute Gasteiger partial charge is 0.115 e. The standard InChI is InChI=1S/C3H6N2S/c4-3(5)1-2-6/h1-2,6H,(H3,4,5)/b2-1+. The first-order valence-corrected chi connectivity index (χ1v) is 1.94. The summed E-state index contributed by atoms with van der Waals surface area (Å²) in [5.41, 5.74) is 4.85. The van der Waals surface area contributed by atoms with Crippen molar-refractivity contribution in [3.63, 3.8) is 0 Å².